The predicted octanol–water partition coefficient (Wildman–Crippen LogP) is 4.53. The quantitative estimate of drug-likeness (QED) is 0.375. The zero-order valence-electron chi connectivity index (χ0n) is 14.3. The second kappa shape index (κ2) is 8.03. The first-order valence-electron chi connectivity index (χ1n) is 8.11. The smallest absolute Gasteiger partial charge is 0.215 e. The molecule has 3 rings (SSSR count). The van der Waals surface area contributed by atoms with Crippen LogP contribution in [0.4, 0.5) is 5.69 Å². The number of methoxy groups -OCH3 is 1. The van der Waals surface area contributed by atoms with Gasteiger partial charge in [-0.2, -0.15) is 0 Å². The van der Waals surface area contributed by atoms with Crippen LogP contribution in [-0.2, 0) is 0 Å². The summed E-state index contributed by atoms with van der Waals surface area (Å²) in [5.74, 6) is -0.196. The molecule has 0 saturated heterocycles. The van der Waals surface area contributed by atoms with Crippen LogP contribution >= 0.6 is 0 Å². The first-order valence-corrected chi connectivity index (χ1v) is 8.11. The van der Waals surface area contributed by atoms with E-state index in [4.69, 9.17) is 4.74 Å². The SMILES string of the molecule is COc1ccc(C(=O)C(=Nc2ccccc2)C(=O)c2ccccc2)cc1. The van der Waals surface area contributed by atoms with Crippen molar-refractivity contribution in [2.24, 2.45) is 4.99 Å². The normalized spacial score (nSPS) is 11.0. The molecule has 0 heterocycles. The van der Waals surface area contributed by atoms with Crippen LogP contribution in [0.1, 0.15) is 20.7 Å². The lowest BCUT2D eigenvalue weighted by atomic mass is 9.99. The number of carbonyl (C=O) groups is 2. The summed E-state index contributed by atoms with van der Waals surface area (Å²) in [6.07, 6.45) is 0. The molecule has 26 heavy (non-hydrogen) atoms. The van der Waals surface area contributed by atoms with Gasteiger partial charge in [0.15, 0.2) is 5.71 Å². The fraction of sp³-hybridized carbons (Fsp3) is 0.0455. The second-order valence-electron chi connectivity index (χ2n) is 5.55. The molecule has 0 aliphatic rings. The van der Waals surface area contributed by atoms with Gasteiger partial charge in [0.05, 0.1) is 12.8 Å². The van der Waals surface area contributed by atoms with E-state index in [2.05, 4.69) is 4.99 Å². The Kier molecular flexibility index (Phi) is 5.34. The highest BCUT2D eigenvalue weighted by atomic mass is 16.5. The van der Waals surface area contributed by atoms with Gasteiger partial charge < -0.3 is 4.74 Å². The Morgan fingerprint density at radius 1 is 0.692 bits per heavy atom. The molecule has 128 valence electrons. The number of hydrogen-bond donors (Lipinski definition) is 0. The summed E-state index contributed by atoms with van der Waals surface area (Å²) in [4.78, 5) is 30.2. The number of benzene rings is 3. The van der Waals surface area contributed by atoms with Crippen molar-refractivity contribution < 1.29 is 14.3 Å². The van der Waals surface area contributed by atoms with Gasteiger partial charge in [0.1, 0.15) is 5.75 Å². The van der Waals surface area contributed by atoms with Crippen LogP contribution in [0, 0.1) is 0 Å². The van der Waals surface area contributed by atoms with E-state index in [9.17, 15) is 9.59 Å². The van der Waals surface area contributed by atoms with E-state index in [0.717, 1.165) is 0 Å². The van der Waals surface area contributed by atoms with E-state index in [1.165, 1.54) is 0 Å². The molecule has 0 aromatic heterocycles. The molecule has 3 aromatic carbocycles. The highest BCUT2D eigenvalue weighted by Crippen LogP contribution is 2.17. The maximum Gasteiger partial charge on any atom is 0.215 e. The number of Topliss-reactive ketones (excluding diaryl/α,β-unsaturated/α-hetero) is 2. The summed E-state index contributed by atoms with van der Waals surface area (Å²) >= 11 is 0. The van der Waals surface area contributed by atoms with Gasteiger partial charge in [0, 0.05) is 11.1 Å². The minimum atomic E-state index is -0.426. The van der Waals surface area contributed by atoms with Crippen LogP contribution in [0.5, 0.6) is 5.75 Å². The average Bonchev–Trinajstić information content (AvgIpc) is 2.72. The molecule has 3 aromatic rings. The van der Waals surface area contributed by atoms with Gasteiger partial charge in [-0.05, 0) is 36.4 Å². The number of para-hydroxylation sites is 1. The van der Waals surface area contributed by atoms with Crippen molar-refractivity contribution in [2.45, 2.75) is 0 Å². The van der Waals surface area contributed by atoms with Gasteiger partial charge in [-0.25, -0.2) is 4.99 Å². The molecule has 0 amide bonds. The first kappa shape index (κ1) is 17.3. The summed E-state index contributed by atoms with van der Waals surface area (Å²) in [5, 5.41) is 0. The Bertz CT molecular complexity index is 930. The Hall–Kier alpha value is -3.53. The zero-order chi connectivity index (χ0) is 18.4. The van der Waals surface area contributed by atoms with Crippen molar-refractivity contribution in [3.63, 3.8) is 0 Å². The summed E-state index contributed by atoms with van der Waals surface area (Å²) in [6.45, 7) is 0. The van der Waals surface area contributed by atoms with Crippen molar-refractivity contribution in [1.29, 1.82) is 0 Å². The van der Waals surface area contributed by atoms with Crippen molar-refractivity contribution in [1.82, 2.24) is 0 Å². The molecular weight excluding hydrogens is 326 g/mol. The summed E-state index contributed by atoms with van der Waals surface area (Å²) in [7, 11) is 1.55. The van der Waals surface area contributed by atoms with Gasteiger partial charge in [-0.15, -0.1) is 0 Å². The third kappa shape index (κ3) is 3.92. The van der Waals surface area contributed by atoms with Gasteiger partial charge in [-0.1, -0.05) is 48.5 Å². The van der Waals surface area contributed by atoms with Crippen LogP contribution in [0.2, 0.25) is 0 Å². The van der Waals surface area contributed by atoms with Crippen LogP contribution < -0.4 is 4.74 Å². The van der Waals surface area contributed by atoms with E-state index in [1.54, 1.807) is 79.9 Å². The van der Waals surface area contributed by atoms with Crippen molar-refractivity contribution in [3.8, 4) is 5.75 Å². The lowest BCUT2D eigenvalue weighted by Crippen LogP contribution is -2.24. The zero-order valence-corrected chi connectivity index (χ0v) is 14.3. The van der Waals surface area contributed by atoms with Gasteiger partial charge in [0.2, 0.25) is 11.6 Å². The number of rotatable bonds is 6. The predicted molar refractivity (Wildman–Crippen MR) is 102 cm³/mol. The number of hydrogen-bond acceptors (Lipinski definition) is 4. The minimum absolute atomic E-state index is 0.118. The summed E-state index contributed by atoms with van der Waals surface area (Å²) in [6, 6.07) is 24.2. The Morgan fingerprint density at radius 3 is 1.73 bits per heavy atom. The molecule has 0 radical (unpaired) electrons. The fourth-order valence-electron chi connectivity index (χ4n) is 2.44. The molecular formula is C22H17NO3. The Morgan fingerprint density at radius 2 is 1.19 bits per heavy atom. The van der Waals surface area contributed by atoms with E-state index in [-0.39, 0.29) is 5.71 Å². The Balaban J connectivity index is 2.03. The maximum atomic E-state index is 13.0. The lowest BCUT2D eigenvalue weighted by Gasteiger charge is -2.07. The second-order valence-corrected chi connectivity index (χ2v) is 5.55. The van der Waals surface area contributed by atoms with Crippen LogP contribution in [-0.4, -0.2) is 24.4 Å². The summed E-state index contributed by atoms with van der Waals surface area (Å²) < 4.78 is 5.11. The van der Waals surface area contributed by atoms with Crippen molar-refractivity contribution >= 4 is 23.0 Å². The third-order valence-corrected chi connectivity index (χ3v) is 3.82. The number of carbonyl (C=O) groups excluding carboxylic acids is 2. The lowest BCUT2D eigenvalue weighted by molar-refractivity contribution is 0.102. The van der Waals surface area contributed by atoms with E-state index in [0.29, 0.717) is 22.6 Å². The number of aliphatic imine (C=N–C) groups is 1. The molecule has 4 heteroatoms. The third-order valence-electron chi connectivity index (χ3n) is 3.82. The number of ketones is 2. The van der Waals surface area contributed by atoms with Crippen molar-refractivity contribution in [2.75, 3.05) is 7.11 Å². The molecule has 0 bridgehead atoms. The van der Waals surface area contributed by atoms with Crippen LogP contribution in [0.15, 0.2) is 89.9 Å². The molecule has 0 atom stereocenters. The first-order chi connectivity index (χ1) is 12.7. The van der Waals surface area contributed by atoms with E-state index < -0.39 is 11.6 Å². The summed E-state index contributed by atoms with van der Waals surface area (Å²) in [5.41, 5.74) is 1.23. The molecule has 0 spiro atoms. The number of nitrogens with zero attached hydrogens (tertiary/aromatic N) is 1. The highest BCUT2D eigenvalue weighted by Gasteiger charge is 2.23. The highest BCUT2D eigenvalue weighted by molar-refractivity contribution is 6.72. The topological polar surface area (TPSA) is 55.7 Å². The maximum absolute atomic E-state index is 13.0. The monoisotopic (exact) mass is 343 g/mol. The fourth-order valence-corrected chi connectivity index (χ4v) is 2.44. The van der Waals surface area contributed by atoms with Gasteiger partial charge >= 0.3 is 0 Å². The molecule has 0 aliphatic carbocycles. The van der Waals surface area contributed by atoms with Gasteiger partial charge in [0.25, 0.3) is 0 Å². The van der Waals surface area contributed by atoms with Gasteiger partial charge in [-0.3, -0.25) is 9.59 Å². The molecule has 0 aliphatic heterocycles. The van der Waals surface area contributed by atoms with E-state index >= 15 is 0 Å². The average molecular weight is 343 g/mol. The molecule has 0 unspecified atom stereocenters. The number of ether oxygens (including phenoxy) is 1. The Labute approximate surface area is 151 Å². The standard InChI is InChI=1S/C22H17NO3/c1-26-19-14-12-17(13-15-19)22(25)20(23-18-10-6-3-7-11-18)21(24)16-8-4-2-5-9-16/h2-15H,1H3. The molecule has 4 nitrogen and oxygen atoms in total. The molecule has 0 fully saturated rings. The van der Waals surface area contributed by atoms with Crippen LogP contribution in [0.3, 0.4) is 0 Å². The van der Waals surface area contributed by atoms with E-state index in [1.807, 2.05) is 12.1 Å². The molecule has 0 N–H and O–H groups in total. The van der Waals surface area contributed by atoms with Crippen LogP contribution in [0.25, 0.3) is 0 Å². The van der Waals surface area contributed by atoms with Crippen molar-refractivity contribution in [3.05, 3.63) is 96.1 Å². The molecule has 0 saturated carbocycles. The largest absolute Gasteiger partial charge is 0.497 e. The minimum Gasteiger partial charge on any atom is -0.497 e.